The van der Waals surface area contributed by atoms with Crippen LogP contribution in [0.2, 0.25) is 0 Å². The summed E-state index contributed by atoms with van der Waals surface area (Å²) in [5.74, 6) is 0. The van der Waals surface area contributed by atoms with Crippen LogP contribution in [0.1, 0.15) is 58.7 Å². The summed E-state index contributed by atoms with van der Waals surface area (Å²) in [5.41, 5.74) is 8.00. The van der Waals surface area contributed by atoms with Gasteiger partial charge in [-0.3, -0.25) is 4.98 Å². The zero-order valence-electron chi connectivity index (χ0n) is 12.2. The second-order valence-corrected chi connectivity index (χ2v) is 5.03. The third kappa shape index (κ3) is 3.98. The molecule has 0 saturated carbocycles. The molecule has 0 aliphatic carbocycles. The Morgan fingerprint density at radius 2 is 2.00 bits per heavy atom. The highest BCUT2D eigenvalue weighted by Crippen LogP contribution is 2.20. The molecule has 2 atom stereocenters. The summed E-state index contributed by atoms with van der Waals surface area (Å²) < 4.78 is 0. The Hall–Kier alpha value is -1.09. The summed E-state index contributed by atoms with van der Waals surface area (Å²) in [5, 5.41) is 0. The normalized spacial score (nSPS) is 14.3. The lowest BCUT2D eigenvalue weighted by molar-refractivity contribution is 0.594. The molecule has 18 heavy (non-hydrogen) atoms. The van der Waals surface area contributed by atoms with E-state index in [-0.39, 0.29) is 6.04 Å². The van der Waals surface area contributed by atoms with Gasteiger partial charge in [-0.05, 0) is 38.8 Å². The molecular formula is C15H27N3. The van der Waals surface area contributed by atoms with Gasteiger partial charge < -0.3 is 10.6 Å². The summed E-state index contributed by atoms with van der Waals surface area (Å²) in [6.45, 7) is 9.80. The first-order valence-corrected chi connectivity index (χ1v) is 7.08. The molecule has 0 radical (unpaired) electrons. The molecule has 3 nitrogen and oxygen atoms in total. The molecule has 102 valence electrons. The van der Waals surface area contributed by atoms with E-state index in [2.05, 4.69) is 36.7 Å². The predicted molar refractivity (Wildman–Crippen MR) is 78.8 cm³/mol. The molecule has 1 aromatic heterocycles. The van der Waals surface area contributed by atoms with E-state index >= 15 is 0 Å². The molecule has 0 amide bonds. The molecule has 2 N–H and O–H groups in total. The van der Waals surface area contributed by atoms with E-state index in [1.165, 1.54) is 18.5 Å². The van der Waals surface area contributed by atoms with E-state index in [1.54, 1.807) is 0 Å². The van der Waals surface area contributed by atoms with Crippen molar-refractivity contribution in [3.05, 3.63) is 24.0 Å². The van der Waals surface area contributed by atoms with Crippen LogP contribution >= 0.6 is 0 Å². The van der Waals surface area contributed by atoms with Gasteiger partial charge in [0.2, 0.25) is 0 Å². The van der Waals surface area contributed by atoms with E-state index in [0.29, 0.717) is 6.04 Å². The molecule has 1 rings (SSSR count). The Labute approximate surface area is 111 Å². The number of hydrogen-bond donors (Lipinski definition) is 1. The zero-order valence-corrected chi connectivity index (χ0v) is 12.2. The van der Waals surface area contributed by atoms with Crippen LogP contribution in [-0.2, 0) is 0 Å². The molecule has 1 aromatic rings. The maximum absolute atomic E-state index is 5.83. The third-order valence-corrected chi connectivity index (χ3v) is 3.44. The second-order valence-electron chi connectivity index (χ2n) is 5.03. The highest BCUT2D eigenvalue weighted by Gasteiger charge is 2.13. The lowest BCUT2D eigenvalue weighted by Crippen LogP contribution is -2.33. The van der Waals surface area contributed by atoms with Crippen molar-refractivity contribution in [2.24, 2.45) is 5.73 Å². The van der Waals surface area contributed by atoms with Gasteiger partial charge in [-0.15, -0.1) is 0 Å². The summed E-state index contributed by atoms with van der Waals surface area (Å²) in [6.07, 6.45) is 5.55. The molecule has 0 spiro atoms. The number of hydrogen-bond acceptors (Lipinski definition) is 3. The highest BCUT2D eigenvalue weighted by atomic mass is 15.2. The molecule has 0 aliphatic heterocycles. The number of nitrogens with two attached hydrogens (primary N) is 1. The number of unbranched alkanes of at least 4 members (excludes halogenated alkanes) is 1. The van der Waals surface area contributed by atoms with Gasteiger partial charge in [0.05, 0.1) is 17.6 Å². The maximum atomic E-state index is 5.83. The predicted octanol–water partition coefficient (Wildman–Crippen LogP) is 3.51. The number of nitrogens with zero attached hydrogens (tertiary/aromatic N) is 2. The van der Waals surface area contributed by atoms with Gasteiger partial charge in [0.15, 0.2) is 0 Å². The van der Waals surface area contributed by atoms with Crippen LogP contribution in [0.3, 0.4) is 0 Å². The van der Waals surface area contributed by atoms with E-state index < -0.39 is 0 Å². The van der Waals surface area contributed by atoms with Crippen LogP contribution in [0.15, 0.2) is 18.3 Å². The molecule has 1 heterocycles. The van der Waals surface area contributed by atoms with Gasteiger partial charge >= 0.3 is 0 Å². The zero-order chi connectivity index (χ0) is 13.5. The molecule has 3 heteroatoms. The van der Waals surface area contributed by atoms with Crippen molar-refractivity contribution in [1.29, 1.82) is 0 Å². The van der Waals surface area contributed by atoms with Crippen molar-refractivity contribution in [2.45, 2.75) is 59.0 Å². The Bertz CT molecular complexity index is 332. The van der Waals surface area contributed by atoms with Gasteiger partial charge in [0.1, 0.15) is 0 Å². The van der Waals surface area contributed by atoms with Gasteiger partial charge in [0, 0.05) is 18.6 Å². The fraction of sp³-hybridized carbons (Fsp3) is 0.667. The van der Waals surface area contributed by atoms with E-state index in [1.807, 2.05) is 19.2 Å². The fourth-order valence-electron chi connectivity index (χ4n) is 1.99. The van der Waals surface area contributed by atoms with E-state index in [0.717, 1.165) is 18.7 Å². The summed E-state index contributed by atoms with van der Waals surface area (Å²) >= 11 is 0. The van der Waals surface area contributed by atoms with Gasteiger partial charge in [0.25, 0.3) is 0 Å². The second kappa shape index (κ2) is 7.37. The molecule has 0 aromatic carbocycles. The maximum Gasteiger partial charge on any atom is 0.0569 e. The van der Waals surface area contributed by atoms with Crippen molar-refractivity contribution in [3.8, 4) is 0 Å². The van der Waals surface area contributed by atoms with Crippen molar-refractivity contribution < 1.29 is 0 Å². The highest BCUT2D eigenvalue weighted by molar-refractivity contribution is 5.45. The lowest BCUT2D eigenvalue weighted by Gasteiger charge is -2.30. The van der Waals surface area contributed by atoms with Crippen LogP contribution in [0.25, 0.3) is 0 Å². The number of pyridine rings is 1. The number of anilines is 1. The van der Waals surface area contributed by atoms with Crippen LogP contribution in [0, 0.1) is 0 Å². The van der Waals surface area contributed by atoms with Crippen LogP contribution in [0.5, 0.6) is 0 Å². The summed E-state index contributed by atoms with van der Waals surface area (Å²) in [7, 11) is 0. The van der Waals surface area contributed by atoms with E-state index in [9.17, 15) is 0 Å². The van der Waals surface area contributed by atoms with Crippen molar-refractivity contribution in [1.82, 2.24) is 4.98 Å². The van der Waals surface area contributed by atoms with E-state index in [4.69, 9.17) is 5.73 Å². The SMILES string of the molecule is CCCCN(c1ccc([C@@H](C)N)nc1)C(C)CC. The van der Waals surface area contributed by atoms with Crippen LogP contribution < -0.4 is 10.6 Å². The summed E-state index contributed by atoms with van der Waals surface area (Å²) in [6, 6.07) is 4.75. The van der Waals surface area contributed by atoms with Crippen molar-refractivity contribution in [3.63, 3.8) is 0 Å². The minimum atomic E-state index is 0.00624. The molecule has 0 aliphatic rings. The lowest BCUT2D eigenvalue weighted by atomic mass is 10.1. The smallest absolute Gasteiger partial charge is 0.0569 e. The third-order valence-electron chi connectivity index (χ3n) is 3.44. The first kappa shape index (κ1) is 15.0. The monoisotopic (exact) mass is 249 g/mol. The average molecular weight is 249 g/mol. The fourth-order valence-corrected chi connectivity index (χ4v) is 1.99. The standard InChI is InChI=1S/C15H27N3/c1-5-7-10-18(12(3)6-2)14-8-9-15(13(4)16)17-11-14/h8-9,11-13H,5-7,10,16H2,1-4H3/t12?,13-/m1/s1. The molecule has 0 fully saturated rings. The minimum absolute atomic E-state index is 0.00624. The number of aromatic nitrogens is 1. The quantitative estimate of drug-likeness (QED) is 0.804. The Morgan fingerprint density at radius 1 is 1.28 bits per heavy atom. The first-order chi connectivity index (χ1) is 8.60. The van der Waals surface area contributed by atoms with Crippen molar-refractivity contribution >= 4 is 5.69 Å². The van der Waals surface area contributed by atoms with Crippen molar-refractivity contribution in [2.75, 3.05) is 11.4 Å². The molecular weight excluding hydrogens is 222 g/mol. The molecule has 1 unspecified atom stereocenters. The number of rotatable bonds is 7. The Balaban J connectivity index is 2.83. The summed E-state index contributed by atoms with van der Waals surface area (Å²) in [4.78, 5) is 6.90. The van der Waals surface area contributed by atoms with Crippen LogP contribution in [-0.4, -0.2) is 17.6 Å². The Kier molecular flexibility index (Phi) is 6.13. The minimum Gasteiger partial charge on any atom is -0.368 e. The molecule has 0 bridgehead atoms. The largest absolute Gasteiger partial charge is 0.368 e. The Morgan fingerprint density at radius 3 is 2.44 bits per heavy atom. The van der Waals surface area contributed by atoms with Gasteiger partial charge in [-0.2, -0.15) is 0 Å². The van der Waals surface area contributed by atoms with Crippen LogP contribution in [0.4, 0.5) is 5.69 Å². The topological polar surface area (TPSA) is 42.1 Å². The first-order valence-electron chi connectivity index (χ1n) is 7.08. The average Bonchev–Trinajstić information content (AvgIpc) is 2.39. The van der Waals surface area contributed by atoms with Gasteiger partial charge in [-0.1, -0.05) is 20.3 Å². The molecule has 0 saturated heterocycles. The van der Waals surface area contributed by atoms with Gasteiger partial charge in [-0.25, -0.2) is 0 Å².